The van der Waals surface area contributed by atoms with Crippen LogP contribution in [-0.2, 0) is 6.54 Å². The Morgan fingerprint density at radius 3 is 2.50 bits per heavy atom. The van der Waals surface area contributed by atoms with Crippen molar-refractivity contribution in [1.82, 2.24) is 0 Å². The summed E-state index contributed by atoms with van der Waals surface area (Å²) in [7, 11) is 1.65. The first-order valence-electron chi connectivity index (χ1n) is 4.66. The van der Waals surface area contributed by atoms with Crippen molar-refractivity contribution in [2.24, 2.45) is 5.73 Å². The molecule has 0 aliphatic heterocycles. The molecule has 3 heteroatoms. The van der Waals surface area contributed by atoms with E-state index in [0.717, 1.165) is 16.9 Å². The zero-order chi connectivity index (χ0) is 10.7. The van der Waals surface area contributed by atoms with Crippen LogP contribution in [0.5, 0.6) is 5.75 Å². The van der Waals surface area contributed by atoms with Gasteiger partial charge in [-0.3, -0.25) is 0 Å². The number of methoxy groups -OCH3 is 1. The second-order valence-corrected chi connectivity index (χ2v) is 3.98. The van der Waals surface area contributed by atoms with E-state index < -0.39 is 0 Å². The number of ether oxygens (including phenoxy) is 1. The number of halogens is 1. The van der Waals surface area contributed by atoms with Gasteiger partial charge < -0.3 is 10.5 Å². The first kappa shape index (κ1) is 11.3. The highest BCUT2D eigenvalue weighted by atomic mass is 35.5. The molecule has 1 aromatic rings. The minimum Gasteiger partial charge on any atom is -0.496 e. The van der Waals surface area contributed by atoms with Gasteiger partial charge in [-0.2, -0.15) is 0 Å². The van der Waals surface area contributed by atoms with E-state index in [4.69, 9.17) is 22.1 Å². The molecule has 0 unspecified atom stereocenters. The predicted molar refractivity (Wildman–Crippen MR) is 60.0 cm³/mol. The molecular weight excluding hydrogens is 198 g/mol. The molecule has 14 heavy (non-hydrogen) atoms. The average Bonchev–Trinajstić information content (AvgIpc) is 2.15. The second kappa shape index (κ2) is 4.67. The SMILES string of the molecule is COc1cc(Cl)cc(CN)c1C(C)C. The normalized spacial score (nSPS) is 10.7. The van der Waals surface area contributed by atoms with E-state index >= 15 is 0 Å². The van der Waals surface area contributed by atoms with Crippen LogP contribution in [0.15, 0.2) is 12.1 Å². The number of hydrogen-bond acceptors (Lipinski definition) is 2. The number of benzene rings is 1. The van der Waals surface area contributed by atoms with Gasteiger partial charge in [0, 0.05) is 17.1 Å². The lowest BCUT2D eigenvalue weighted by Gasteiger charge is -2.16. The van der Waals surface area contributed by atoms with Gasteiger partial charge in [-0.05, 0) is 23.6 Å². The molecule has 0 spiro atoms. The van der Waals surface area contributed by atoms with Crippen molar-refractivity contribution in [2.75, 3.05) is 7.11 Å². The zero-order valence-corrected chi connectivity index (χ0v) is 9.56. The van der Waals surface area contributed by atoms with E-state index in [1.807, 2.05) is 12.1 Å². The fourth-order valence-corrected chi connectivity index (χ4v) is 1.87. The molecule has 1 rings (SSSR count). The highest BCUT2D eigenvalue weighted by molar-refractivity contribution is 6.30. The third-order valence-electron chi connectivity index (χ3n) is 2.21. The third-order valence-corrected chi connectivity index (χ3v) is 2.43. The van der Waals surface area contributed by atoms with Crippen LogP contribution in [0, 0.1) is 0 Å². The van der Waals surface area contributed by atoms with Crippen molar-refractivity contribution in [3.05, 3.63) is 28.3 Å². The Bertz CT molecular complexity index is 298. The fourth-order valence-electron chi connectivity index (χ4n) is 1.64. The lowest BCUT2D eigenvalue weighted by atomic mass is 9.96. The van der Waals surface area contributed by atoms with Gasteiger partial charge in [0.2, 0.25) is 0 Å². The molecule has 0 saturated heterocycles. The summed E-state index contributed by atoms with van der Waals surface area (Å²) in [4.78, 5) is 0. The molecule has 0 saturated carbocycles. The zero-order valence-electron chi connectivity index (χ0n) is 8.80. The molecular formula is C11H16ClNO. The maximum atomic E-state index is 5.95. The maximum absolute atomic E-state index is 5.95. The Morgan fingerprint density at radius 1 is 1.43 bits per heavy atom. The van der Waals surface area contributed by atoms with Gasteiger partial charge in [0.25, 0.3) is 0 Å². The van der Waals surface area contributed by atoms with Crippen LogP contribution >= 0.6 is 11.6 Å². The van der Waals surface area contributed by atoms with Crippen LogP contribution in [0.25, 0.3) is 0 Å². The molecule has 78 valence electrons. The lowest BCUT2D eigenvalue weighted by Crippen LogP contribution is -2.05. The summed E-state index contributed by atoms with van der Waals surface area (Å²) in [5.74, 6) is 1.22. The highest BCUT2D eigenvalue weighted by Crippen LogP contribution is 2.32. The summed E-state index contributed by atoms with van der Waals surface area (Å²) in [5.41, 5.74) is 7.88. The Labute approximate surface area is 90.0 Å². The van der Waals surface area contributed by atoms with Gasteiger partial charge >= 0.3 is 0 Å². The number of rotatable bonds is 3. The quantitative estimate of drug-likeness (QED) is 0.838. The van der Waals surface area contributed by atoms with Gasteiger partial charge in [-0.25, -0.2) is 0 Å². The molecule has 0 fully saturated rings. The summed E-state index contributed by atoms with van der Waals surface area (Å²) in [5, 5.41) is 0.673. The van der Waals surface area contributed by atoms with Crippen molar-refractivity contribution in [3.63, 3.8) is 0 Å². The first-order chi connectivity index (χ1) is 6.60. The summed E-state index contributed by atoms with van der Waals surface area (Å²) < 4.78 is 5.29. The van der Waals surface area contributed by atoms with E-state index in [-0.39, 0.29) is 0 Å². The predicted octanol–water partition coefficient (Wildman–Crippen LogP) is 2.93. The molecule has 0 aliphatic rings. The second-order valence-electron chi connectivity index (χ2n) is 3.54. The minimum absolute atomic E-state index is 0.390. The topological polar surface area (TPSA) is 35.2 Å². The summed E-state index contributed by atoms with van der Waals surface area (Å²) in [6, 6.07) is 3.73. The van der Waals surface area contributed by atoms with Gasteiger partial charge in [-0.1, -0.05) is 25.4 Å². The van der Waals surface area contributed by atoms with Crippen LogP contribution in [0.4, 0.5) is 0 Å². The molecule has 0 bridgehead atoms. The first-order valence-corrected chi connectivity index (χ1v) is 5.04. The van der Waals surface area contributed by atoms with Gasteiger partial charge in [0.15, 0.2) is 0 Å². The Hall–Kier alpha value is -0.730. The third kappa shape index (κ3) is 2.20. The van der Waals surface area contributed by atoms with Gasteiger partial charge in [0.1, 0.15) is 5.75 Å². The van der Waals surface area contributed by atoms with Crippen molar-refractivity contribution < 1.29 is 4.74 Å². The Morgan fingerprint density at radius 2 is 2.07 bits per heavy atom. The van der Waals surface area contributed by atoms with Crippen LogP contribution < -0.4 is 10.5 Å². The molecule has 0 heterocycles. The van der Waals surface area contributed by atoms with E-state index in [9.17, 15) is 0 Å². The standard InChI is InChI=1S/C11H16ClNO/c1-7(2)11-8(6-13)4-9(12)5-10(11)14-3/h4-5,7H,6,13H2,1-3H3. The monoisotopic (exact) mass is 213 g/mol. The largest absolute Gasteiger partial charge is 0.496 e. The number of hydrogen-bond donors (Lipinski definition) is 1. The van der Waals surface area contributed by atoms with E-state index in [1.54, 1.807) is 7.11 Å². The summed E-state index contributed by atoms with van der Waals surface area (Å²) in [6.45, 7) is 4.72. The molecule has 2 nitrogen and oxygen atoms in total. The molecule has 0 atom stereocenters. The molecule has 0 radical (unpaired) electrons. The van der Waals surface area contributed by atoms with Crippen LogP contribution in [-0.4, -0.2) is 7.11 Å². The summed E-state index contributed by atoms with van der Waals surface area (Å²) >= 11 is 5.95. The summed E-state index contributed by atoms with van der Waals surface area (Å²) in [6.07, 6.45) is 0. The van der Waals surface area contributed by atoms with E-state index in [0.29, 0.717) is 17.5 Å². The fraction of sp³-hybridized carbons (Fsp3) is 0.455. The average molecular weight is 214 g/mol. The van der Waals surface area contributed by atoms with Gasteiger partial charge in [0.05, 0.1) is 7.11 Å². The van der Waals surface area contributed by atoms with Crippen molar-refractivity contribution in [2.45, 2.75) is 26.3 Å². The van der Waals surface area contributed by atoms with Crippen molar-refractivity contribution in [3.8, 4) is 5.75 Å². The van der Waals surface area contributed by atoms with Gasteiger partial charge in [-0.15, -0.1) is 0 Å². The maximum Gasteiger partial charge on any atom is 0.124 e. The molecule has 0 amide bonds. The molecule has 2 N–H and O–H groups in total. The molecule has 1 aromatic carbocycles. The van der Waals surface area contributed by atoms with Crippen molar-refractivity contribution >= 4 is 11.6 Å². The number of nitrogens with two attached hydrogens (primary N) is 1. The lowest BCUT2D eigenvalue weighted by molar-refractivity contribution is 0.406. The highest BCUT2D eigenvalue weighted by Gasteiger charge is 2.13. The Kier molecular flexibility index (Phi) is 3.78. The van der Waals surface area contributed by atoms with Crippen molar-refractivity contribution in [1.29, 1.82) is 0 Å². The molecule has 0 aromatic heterocycles. The Balaban J connectivity index is 3.33. The van der Waals surface area contributed by atoms with Crippen LogP contribution in [0.3, 0.4) is 0 Å². The molecule has 0 aliphatic carbocycles. The van der Waals surface area contributed by atoms with Crippen LogP contribution in [0.1, 0.15) is 30.9 Å². The van der Waals surface area contributed by atoms with E-state index in [2.05, 4.69) is 13.8 Å². The smallest absolute Gasteiger partial charge is 0.124 e. The van der Waals surface area contributed by atoms with E-state index in [1.165, 1.54) is 0 Å². The minimum atomic E-state index is 0.390. The van der Waals surface area contributed by atoms with Crippen LogP contribution in [0.2, 0.25) is 5.02 Å².